The average Bonchev–Trinajstić information content (AvgIpc) is 2.70. The molecule has 8 nitrogen and oxygen atoms in total. The molecule has 0 fully saturated rings. The maximum Gasteiger partial charge on any atom is 0.281 e. The molecular weight excluding hydrogens is 271 g/mol. The number of carbonyl (C=O) groups excluding carboxylic acids is 1. The van der Waals surface area contributed by atoms with Gasteiger partial charge in [-0.25, -0.2) is 14.6 Å². The van der Waals surface area contributed by atoms with E-state index >= 15 is 0 Å². The van der Waals surface area contributed by atoms with Crippen molar-refractivity contribution in [3.63, 3.8) is 0 Å². The maximum absolute atomic E-state index is 11.7. The molecule has 0 unspecified atom stereocenters. The fraction of sp³-hybridized carbons (Fsp3) is 0. The maximum atomic E-state index is 11.7. The van der Waals surface area contributed by atoms with Crippen molar-refractivity contribution in [1.82, 2.24) is 20.3 Å². The van der Waals surface area contributed by atoms with E-state index in [0.717, 1.165) is 6.33 Å². The van der Waals surface area contributed by atoms with Crippen LogP contribution in [0.25, 0.3) is 0 Å². The Morgan fingerprint density at radius 2 is 1.94 bits per heavy atom. The normalized spacial score (nSPS) is 10.2. The second-order valence-electron chi connectivity index (χ2n) is 2.78. The Morgan fingerprint density at radius 1 is 1.29 bits per heavy atom. The number of anilines is 2. The minimum atomic E-state index is -0.678. The number of rotatable bonds is 2. The zero-order valence-corrected chi connectivity index (χ0v) is 9.53. The van der Waals surface area contributed by atoms with Crippen molar-refractivity contribution in [2.75, 3.05) is 11.1 Å². The number of amides is 1. The van der Waals surface area contributed by atoms with Crippen molar-refractivity contribution < 1.29 is 9.42 Å². The molecule has 3 N–H and O–H groups in total. The first-order valence-electron chi connectivity index (χ1n) is 4.15. The molecule has 0 aliphatic rings. The molecular formula is C7H4Cl2N6O2. The number of nitrogens with zero attached hydrogens (tertiary/aromatic N) is 4. The summed E-state index contributed by atoms with van der Waals surface area (Å²) in [5, 5.41) is 8.92. The summed E-state index contributed by atoms with van der Waals surface area (Å²) in [7, 11) is 0. The zero-order chi connectivity index (χ0) is 12.4. The number of aromatic nitrogens is 4. The fourth-order valence-electron chi connectivity index (χ4n) is 0.973. The van der Waals surface area contributed by atoms with Gasteiger partial charge >= 0.3 is 0 Å². The molecule has 0 bridgehead atoms. The Bertz CT molecular complexity index is 551. The van der Waals surface area contributed by atoms with Crippen LogP contribution in [-0.4, -0.2) is 26.2 Å². The van der Waals surface area contributed by atoms with Crippen LogP contribution in [0.4, 0.5) is 11.5 Å². The lowest BCUT2D eigenvalue weighted by Crippen LogP contribution is -2.15. The quantitative estimate of drug-likeness (QED) is 0.784. The molecule has 0 radical (unpaired) electrons. The van der Waals surface area contributed by atoms with E-state index < -0.39 is 5.91 Å². The van der Waals surface area contributed by atoms with Crippen LogP contribution < -0.4 is 11.1 Å². The molecule has 10 heteroatoms. The highest BCUT2D eigenvalue weighted by Gasteiger charge is 2.19. The molecule has 2 heterocycles. The molecule has 2 aromatic heterocycles. The van der Waals surface area contributed by atoms with Crippen LogP contribution in [0.3, 0.4) is 0 Å². The van der Waals surface area contributed by atoms with Gasteiger partial charge in [0.25, 0.3) is 5.91 Å². The van der Waals surface area contributed by atoms with Gasteiger partial charge in [-0.3, -0.25) is 4.79 Å². The molecule has 0 aliphatic heterocycles. The van der Waals surface area contributed by atoms with E-state index in [1.54, 1.807) is 0 Å². The lowest BCUT2D eigenvalue weighted by Gasteiger charge is -2.05. The summed E-state index contributed by atoms with van der Waals surface area (Å²) in [6.45, 7) is 0. The molecule has 0 saturated heterocycles. The minimum Gasteiger partial charge on any atom is -0.379 e. The summed E-state index contributed by atoms with van der Waals surface area (Å²) < 4.78 is 4.28. The van der Waals surface area contributed by atoms with Crippen molar-refractivity contribution in [1.29, 1.82) is 0 Å². The topological polar surface area (TPSA) is 120 Å². The summed E-state index contributed by atoms with van der Waals surface area (Å²) in [6, 6.07) is 0. The number of hydrogen-bond donors (Lipinski definition) is 2. The van der Waals surface area contributed by atoms with E-state index in [1.807, 2.05) is 0 Å². The number of nitrogens with one attached hydrogen (secondary N) is 1. The number of nitrogens with two attached hydrogens (primary N) is 1. The lowest BCUT2D eigenvalue weighted by molar-refractivity contribution is 0.101. The van der Waals surface area contributed by atoms with Gasteiger partial charge in [-0.2, -0.15) is 0 Å². The number of carbonyl (C=O) groups is 1. The molecule has 0 spiro atoms. The smallest absolute Gasteiger partial charge is 0.281 e. The van der Waals surface area contributed by atoms with E-state index in [-0.39, 0.29) is 27.5 Å². The van der Waals surface area contributed by atoms with Gasteiger partial charge in [0.1, 0.15) is 12.0 Å². The standard InChI is InChI=1S/C7H4Cl2N6O2/c8-4-2(5(9)12-1-11-4)13-7(16)3-6(10)15-17-14-3/h1H,(H2,10,15)(H,13,16). The molecule has 0 saturated carbocycles. The van der Waals surface area contributed by atoms with Gasteiger partial charge in [-0.1, -0.05) is 23.2 Å². The first-order valence-corrected chi connectivity index (χ1v) is 4.90. The SMILES string of the molecule is Nc1nonc1C(=O)Nc1c(Cl)ncnc1Cl. The van der Waals surface area contributed by atoms with E-state index in [2.05, 4.69) is 30.2 Å². The monoisotopic (exact) mass is 274 g/mol. The van der Waals surface area contributed by atoms with Crippen molar-refractivity contribution in [2.24, 2.45) is 0 Å². The summed E-state index contributed by atoms with van der Waals surface area (Å²) in [6.07, 6.45) is 1.16. The number of hydrogen-bond acceptors (Lipinski definition) is 7. The van der Waals surface area contributed by atoms with Crippen LogP contribution in [0.15, 0.2) is 11.0 Å². The summed E-state index contributed by atoms with van der Waals surface area (Å²) >= 11 is 11.5. The van der Waals surface area contributed by atoms with Gasteiger partial charge in [-0.05, 0) is 10.3 Å². The summed E-state index contributed by atoms with van der Waals surface area (Å²) in [5.74, 6) is -0.825. The van der Waals surface area contributed by atoms with E-state index in [0.29, 0.717) is 0 Å². The summed E-state index contributed by atoms with van der Waals surface area (Å²) in [4.78, 5) is 19.0. The van der Waals surface area contributed by atoms with Gasteiger partial charge < -0.3 is 11.1 Å². The molecule has 0 atom stereocenters. The Labute approximate surface area is 104 Å². The largest absolute Gasteiger partial charge is 0.379 e. The predicted octanol–water partition coefficient (Wildman–Crippen LogP) is 1.00. The number of nitrogen functional groups attached to an aromatic ring is 1. The molecule has 1 amide bonds. The summed E-state index contributed by atoms with van der Waals surface area (Å²) in [5.41, 5.74) is 5.22. The molecule has 2 rings (SSSR count). The first kappa shape index (κ1) is 11.6. The highest BCUT2D eigenvalue weighted by molar-refractivity contribution is 6.38. The van der Waals surface area contributed by atoms with E-state index in [1.165, 1.54) is 0 Å². The molecule has 17 heavy (non-hydrogen) atoms. The second kappa shape index (κ2) is 4.52. The lowest BCUT2D eigenvalue weighted by atomic mass is 10.4. The molecule has 2 aromatic rings. The van der Waals surface area contributed by atoms with Crippen LogP contribution in [0.1, 0.15) is 10.5 Å². The average molecular weight is 275 g/mol. The second-order valence-corrected chi connectivity index (χ2v) is 3.50. The molecule has 88 valence electrons. The molecule has 0 aromatic carbocycles. The Hall–Kier alpha value is -1.93. The Balaban J connectivity index is 2.28. The Kier molecular flexibility index (Phi) is 3.07. The van der Waals surface area contributed by atoms with Crippen molar-refractivity contribution in [2.45, 2.75) is 0 Å². The van der Waals surface area contributed by atoms with Gasteiger partial charge in [0.2, 0.25) is 11.5 Å². The van der Waals surface area contributed by atoms with Crippen molar-refractivity contribution >= 4 is 40.6 Å². The Morgan fingerprint density at radius 3 is 2.47 bits per heavy atom. The fourth-order valence-corrected chi connectivity index (χ4v) is 1.38. The first-order chi connectivity index (χ1) is 8.09. The van der Waals surface area contributed by atoms with E-state index in [4.69, 9.17) is 28.9 Å². The predicted molar refractivity (Wildman–Crippen MR) is 58.7 cm³/mol. The zero-order valence-electron chi connectivity index (χ0n) is 8.02. The van der Waals surface area contributed by atoms with Crippen molar-refractivity contribution in [3.8, 4) is 0 Å². The highest BCUT2D eigenvalue weighted by atomic mass is 35.5. The minimum absolute atomic E-state index is 0.00613. The van der Waals surface area contributed by atoms with E-state index in [9.17, 15) is 4.79 Å². The third-order valence-corrected chi connectivity index (χ3v) is 2.30. The highest BCUT2D eigenvalue weighted by Crippen LogP contribution is 2.26. The third-order valence-electron chi connectivity index (χ3n) is 1.72. The van der Waals surface area contributed by atoms with Crippen LogP contribution in [0.5, 0.6) is 0 Å². The van der Waals surface area contributed by atoms with Gasteiger partial charge in [0.05, 0.1) is 0 Å². The number of halogens is 2. The van der Waals surface area contributed by atoms with Gasteiger partial charge in [0, 0.05) is 0 Å². The third kappa shape index (κ3) is 2.27. The van der Waals surface area contributed by atoms with Crippen LogP contribution in [0, 0.1) is 0 Å². The van der Waals surface area contributed by atoms with Crippen LogP contribution in [-0.2, 0) is 0 Å². The van der Waals surface area contributed by atoms with Crippen molar-refractivity contribution in [3.05, 3.63) is 22.3 Å². The van der Waals surface area contributed by atoms with Gasteiger partial charge in [-0.15, -0.1) is 0 Å². The molecule has 0 aliphatic carbocycles. The van der Waals surface area contributed by atoms with Gasteiger partial charge in [0.15, 0.2) is 10.3 Å². The van der Waals surface area contributed by atoms with Crippen LogP contribution in [0.2, 0.25) is 10.3 Å². The van der Waals surface area contributed by atoms with Crippen LogP contribution >= 0.6 is 23.2 Å².